The van der Waals surface area contributed by atoms with E-state index in [1.807, 2.05) is 0 Å². The maximum Gasteiger partial charge on any atom is 0.0540 e. The summed E-state index contributed by atoms with van der Waals surface area (Å²) in [7, 11) is 0. The Morgan fingerprint density at radius 2 is 0.686 bits per heavy atom. The molecule has 0 aliphatic carbocycles. The van der Waals surface area contributed by atoms with Crippen LogP contribution >= 0.6 is 0 Å². The summed E-state index contributed by atoms with van der Waals surface area (Å²) in [5.74, 6) is 0. The summed E-state index contributed by atoms with van der Waals surface area (Å²) < 4.78 is 0. The number of rotatable bonds is 9. The molecule has 51 heavy (non-hydrogen) atoms. The molecule has 0 radical (unpaired) electrons. The first-order valence-electron chi connectivity index (χ1n) is 17.4. The average molecular weight is 652 g/mol. The Labute approximate surface area is 301 Å². The molecule has 0 unspecified atom stereocenters. The van der Waals surface area contributed by atoms with Gasteiger partial charge in [0.05, 0.1) is 5.69 Å². The second kappa shape index (κ2) is 14.8. The summed E-state index contributed by atoms with van der Waals surface area (Å²) in [5.41, 5.74) is 15.2. The van der Waals surface area contributed by atoms with Crippen LogP contribution in [-0.2, 0) is 0 Å². The third-order valence-corrected chi connectivity index (χ3v) is 9.29. The number of hydrogen-bond acceptors (Lipinski definition) is 1. The van der Waals surface area contributed by atoms with Crippen LogP contribution in [0, 0.1) is 0 Å². The van der Waals surface area contributed by atoms with Crippen LogP contribution in [0.3, 0.4) is 0 Å². The van der Waals surface area contributed by atoms with Crippen molar-refractivity contribution in [3.05, 3.63) is 247 Å². The standard InChI is InChI=1S/C50H37N/c1-6-19-39(20-7-1)47-31-16-17-32-48(47)51(45-28-14-5-15-29-45)46-30-18-27-44(37-46)38-33-35-43(36-34-38)50(42-25-12-4-13-26-42)49(40-21-8-2-9-22-40)41-23-10-3-11-24-41/h1-37H. The minimum Gasteiger partial charge on any atom is -0.310 e. The highest BCUT2D eigenvalue weighted by molar-refractivity contribution is 6.04. The first kappa shape index (κ1) is 31.6. The molecule has 0 atom stereocenters. The number of anilines is 3. The maximum absolute atomic E-state index is 2.36. The van der Waals surface area contributed by atoms with Crippen LogP contribution in [0.1, 0.15) is 22.3 Å². The monoisotopic (exact) mass is 651 g/mol. The molecule has 0 aliphatic heterocycles. The molecule has 0 spiro atoms. The molecule has 8 aromatic rings. The van der Waals surface area contributed by atoms with E-state index in [2.05, 4.69) is 229 Å². The summed E-state index contributed by atoms with van der Waals surface area (Å²) in [6.45, 7) is 0. The molecule has 0 saturated carbocycles. The molecule has 8 aromatic carbocycles. The van der Waals surface area contributed by atoms with Gasteiger partial charge in [-0.3, -0.25) is 0 Å². The van der Waals surface area contributed by atoms with Crippen LogP contribution < -0.4 is 4.90 Å². The van der Waals surface area contributed by atoms with Crippen molar-refractivity contribution in [2.75, 3.05) is 4.90 Å². The minimum atomic E-state index is 1.10. The number of benzene rings is 8. The van der Waals surface area contributed by atoms with Crippen molar-refractivity contribution in [2.24, 2.45) is 0 Å². The van der Waals surface area contributed by atoms with E-state index >= 15 is 0 Å². The van der Waals surface area contributed by atoms with Gasteiger partial charge in [0.15, 0.2) is 0 Å². The Balaban J connectivity index is 1.24. The molecule has 1 nitrogen and oxygen atoms in total. The van der Waals surface area contributed by atoms with E-state index in [1.54, 1.807) is 0 Å². The normalized spacial score (nSPS) is 10.7. The molecular formula is C50H37N. The predicted octanol–water partition coefficient (Wildman–Crippen LogP) is 13.5. The van der Waals surface area contributed by atoms with Gasteiger partial charge in [0.2, 0.25) is 0 Å². The molecule has 0 saturated heterocycles. The number of para-hydroxylation sites is 2. The zero-order valence-electron chi connectivity index (χ0n) is 28.3. The second-order valence-electron chi connectivity index (χ2n) is 12.5. The van der Waals surface area contributed by atoms with Crippen molar-refractivity contribution in [2.45, 2.75) is 0 Å². The van der Waals surface area contributed by atoms with Gasteiger partial charge < -0.3 is 4.90 Å². The van der Waals surface area contributed by atoms with Crippen molar-refractivity contribution in [1.82, 2.24) is 0 Å². The van der Waals surface area contributed by atoms with Gasteiger partial charge in [-0.05, 0) is 80.4 Å². The van der Waals surface area contributed by atoms with Crippen LogP contribution in [0.4, 0.5) is 17.1 Å². The number of nitrogens with zero attached hydrogens (tertiary/aromatic N) is 1. The minimum absolute atomic E-state index is 1.10. The molecule has 0 heterocycles. The van der Waals surface area contributed by atoms with Gasteiger partial charge in [-0.25, -0.2) is 0 Å². The molecule has 0 bridgehead atoms. The lowest BCUT2D eigenvalue weighted by atomic mass is 9.85. The Morgan fingerprint density at radius 3 is 1.24 bits per heavy atom. The number of hydrogen-bond donors (Lipinski definition) is 0. The third-order valence-electron chi connectivity index (χ3n) is 9.29. The first-order chi connectivity index (χ1) is 25.3. The molecule has 1 heteroatoms. The molecule has 242 valence electrons. The lowest BCUT2D eigenvalue weighted by molar-refractivity contribution is 1.28. The lowest BCUT2D eigenvalue weighted by Gasteiger charge is -2.28. The van der Waals surface area contributed by atoms with Crippen molar-refractivity contribution in [3.63, 3.8) is 0 Å². The van der Waals surface area contributed by atoms with E-state index in [1.165, 1.54) is 50.1 Å². The average Bonchev–Trinajstić information content (AvgIpc) is 3.22. The smallest absolute Gasteiger partial charge is 0.0540 e. The highest BCUT2D eigenvalue weighted by Crippen LogP contribution is 2.42. The Hall–Kier alpha value is -6.70. The highest BCUT2D eigenvalue weighted by atomic mass is 15.1. The molecular weight excluding hydrogens is 615 g/mol. The van der Waals surface area contributed by atoms with E-state index in [0.717, 1.165) is 22.6 Å². The van der Waals surface area contributed by atoms with Gasteiger partial charge >= 0.3 is 0 Å². The third kappa shape index (κ3) is 6.79. The van der Waals surface area contributed by atoms with Gasteiger partial charge in [0.1, 0.15) is 0 Å². The first-order valence-corrected chi connectivity index (χ1v) is 17.4. The van der Waals surface area contributed by atoms with Gasteiger partial charge in [-0.15, -0.1) is 0 Å². The molecule has 0 N–H and O–H groups in total. The van der Waals surface area contributed by atoms with Gasteiger partial charge in [0, 0.05) is 16.9 Å². The van der Waals surface area contributed by atoms with Crippen LogP contribution in [0.15, 0.2) is 224 Å². The summed E-state index contributed by atoms with van der Waals surface area (Å²) >= 11 is 0. The van der Waals surface area contributed by atoms with E-state index in [9.17, 15) is 0 Å². The van der Waals surface area contributed by atoms with Crippen molar-refractivity contribution in [3.8, 4) is 22.3 Å². The molecule has 0 fully saturated rings. The van der Waals surface area contributed by atoms with Gasteiger partial charge in [-0.1, -0.05) is 194 Å². The van der Waals surface area contributed by atoms with Crippen LogP contribution in [0.2, 0.25) is 0 Å². The van der Waals surface area contributed by atoms with Crippen LogP contribution in [0.25, 0.3) is 33.4 Å². The van der Waals surface area contributed by atoms with Crippen molar-refractivity contribution in [1.29, 1.82) is 0 Å². The highest BCUT2D eigenvalue weighted by Gasteiger charge is 2.19. The van der Waals surface area contributed by atoms with E-state index in [-0.39, 0.29) is 0 Å². The Morgan fingerprint density at radius 1 is 0.275 bits per heavy atom. The fraction of sp³-hybridized carbons (Fsp3) is 0. The van der Waals surface area contributed by atoms with Gasteiger partial charge in [-0.2, -0.15) is 0 Å². The second-order valence-corrected chi connectivity index (χ2v) is 12.5. The van der Waals surface area contributed by atoms with Crippen LogP contribution in [0.5, 0.6) is 0 Å². The lowest BCUT2D eigenvalue weighted by Crippen LogP contribution is -2.11. The van der Waals surface area contributed by atoms with Crippen molar-refractivity contribution >= 4 is 28.2 Å². The summed E-state index contributed by atoms with van der Waals surface area (Å²) in [5, 5.41) is 0. The van der Waals surface area contributed by atoms with Crippen molar-refractivity contribution < 1.29 is 0 Å². The van der Waals surface area contributed by atoms with E-state index in [0.29, 0.717) is 0 Å². The molecule has 0 aliphatic rings. The fourth-order valence-electron chi connectivity index (χ4n) is 6.91. The summed E-state index contributed by atoms with van der Waals surface area (Å²) in [6.07, 6.45) is 0. The summed E-state index contributed by atoms with van der Waals surface area (Å²) in [6, 6.07) is 80.1. The Bertz CT molecular complexity index is 2320. The zero-order chi connectivity index (χ0) is 34.2. The van der Waals surface area contributed by atoms with E-state index in [4.69, 9.17) is 0 Å². The SMILES string of the molecule is c1ccc(C(=C(c2ccccc2)c2ccc(-c3cccc(N(c4ccccc4)c4ccccc4-c4ccccc4)c3)cc2)c2ccccc2)cc1. The van der Waals surface area contributed by atoms with E-state index < -0.39 is 0 Å². The van der Waals surface area contributed by atoms with Crippen LogP contribution in [-0.4, -0.2) is 0 Å². The maximum atomic E-state index is 2.36. The largest absolute Gasteiger partial charge is 0.310 e. The molecule has 0 aromatic heterocycles. The summed E-state index contributed by atoms with van der Waals surface area (Å²) in [4.78, 5) is 2.36. The predicted molar refractivity (Wildman–Crippen MR) is 216 cm³/mol. The zero-order valence-corrected chi connectivity index (χ0v) is 28.3. The topological polar surface area (TPSA) is 3.24 Å². The molecule has 8 rings (SSSR count). The Kier molecular flexibility index (Phi) is 9.17. The van der Waals surface area contributed by atoms with Gasteiger partial charge in [0.25, 0.3) is 0 Å². The fourth-order valence-corrected chi connectivity index (χ4v) is 6.91. The quantitative estimate of drug-likeness (QED) is 0.140. The molecule has 0 amide bonds.